The van der Waals surface area contributed by atoms with Crippen LogP contribution in [0.3, 0.4) is 0 Å². The van der Waals surface area contributed by atoms with E-state index in [1.165, 1.54) is 26.4 Å². The Morgan fingerprint density at radius 2 is 2.15 bits per heavy atom. The summed E-state index contributed by atoms with van der Waals surface area (Å²) in [7, 11) is 1.45. The van der Waals surface area contributed by atoms with E-state index in [1.54, 1.807) is 0 Å². The van der Waals surface area contributed by atoms with E-state index in [4.69, 9.17) is 0 Å². The van der Waals surface area contributed by atoms with Gasteiger partial charge in [-0.05, 0) is 12.2 Å². The van der Waals surface area contributed by atoms with Crippen molar-refractivity contribution in [2.24, 2.45) is 5.92 Å². The third-order valence-corrected chi connectivity index (χ3v) is 3.18. The van der Waals surface area contributed by atoms with Gasteiger partial charge >= 0.3 is 5.97 Å². The highest BCUT2D eigenvalue weighted by Gasteiger charge is 2.11. The average Bonchev–Trinajstić information content (AvgIpc) is 2.16. The molecule has 0 amide bonds. The molecule has 0 unspecified atom stereocenters. The highest BCUT2D eigenvalue weighted by atomic mass is 32.2. The average molecular weight is 204 g/mol. The van der Waals surface area contributed by atoms with Crippen LogP contribution in [-0.2, 0) is 9.53 Å². The van der Waals surface area contributed by atoms with E-state index in [2.05, 4.69) is 11.7 Å². The van der Waals surface area contributed by atoms with E-state index >= 15 is 0 Å². The van der Waals surface area contributed by atoms with Gasteiger partial charge in [-0.15, -0.1) is 0 Å². The summed E-state index contributed by atoms with van der Waals surface area (Å²) in [5.41, 5.74) is 0. The Balaban J connectivity index is 3.26. The minimum absolute atomic E-state index is 0.0385. The number of methoxy groups -OCH3 is 1. The van der Waals surface area contributed by atoms with Crippen molar-refractivity contribution in [3.05, 3.63) is 0 Å². The lowest BCUT2D eigenvalue weighted by molar-refractivity contribution is -0.143. The minimum Gasteiger partial charge on any atom is -0.469 e. The summed E-state index contributed by atoms with van der Waals surface area (Å²) < 4.78 is 4.64. The van der Waals surface area contributed by atoms with Crippen molar-refractivity contribution in [1.82, 2.24) is 0 Å². The van der Waals surface area contributed by atoms with Crippen molar-refractivity contribution in [2.45, 2.75) is 33.1 Å². The molecule has 0 N–H and O–H groups in total. The van der Waals surface area contributed by atoms with Crippen molar-refractivity contribution in [2.75, 3.05) is 18.6 Å². The molecule has 78 valence electrons. The fraction of sp³-hybridized carbons (Fsp3) is 0.900. The second-order valence-electron chi connectivity index (χ2n) is 3.21. The summed E-state index contributed by atoms with van der Waals surface area (Å²) in [6, 6.07) is 0. The Morgan fingerprint density at radius 3 is 2.69 bits per heavy atom. The Hall–Kier alpha value is -0.180. The van der Waals surface area contributed by atoms with E-state index in [1.807, 2.05) is 18.7 Å². The van der Waals surface area contributed by atoms with Gasteiger partial charge in [0.1, 0.15) is 0 Å². The first-order valence-electron chi connectivity index (χ1n) is 4.88. The van der Waals surface area contributed by atoms with Crippen LogP contribution in [0.4, 0.5) is 0 Å². The second kappa shape index (κ2) is 8.42. The molecule has 2 nitrogen and oxygen atoms in total. The van der Waals surface area contributed by atoms with Gasteiger partial charge in [0.15, 0.2) is 0 Å². The van der Waals surface area contributed by atoms with E-state index in [-0.39, 0.29) is 11.9 Å². The van der Waals surface area contributed by atoms with Crippen LogP contribution in [0.1, 0.15) is 33.1 Å². The maximum Gasteiger partial charge on any atom is 0.309 e. The smallest absolute Gasteiger partial charge is 0.309 e. The summed E-state index contributed by atoms with van der Waals surface area (Å²) >= 11 is 1.84. The molecular weight excluding hydrogens is 184 g/mol. The predicted octanol–water partition coefficient (Wildman–Crippen LogP) is 2.72. The molecule has 1 atom stereocenters. The summed E-state index contributed by atoms with van der Waals surface area (Å²) in [5, 5.41) is 0. The third-order valence-electron chi connectivity index (χ3n) is 1.86. The molecule has 0 saturated heterocycles. The predicted molar refractivity (Wildman–Crippen MR) is 58.0 cm³/mol. The number of esters is 1. The molecule has 0 bridgehead atoms. The Morgan fingerprint density at radius 1 is 1.46 bits per heavy atom. The van der Waals surface area contributed by atoms with E-state index in [0.29, 0.717) is 0 Å². The number of carbonyl (C=O) groups is 1. The number of thioether (sulfide) groups is 1. The lowest BCUT2D eigenvalue weighted by Crippen LogP contribution is -2.15. The normalized spacial score (nSPS) is 12.5. The Bertz CT molecular complexity index is 137. The monoisotopic (exact) mass is 204 g/mol. The Kier molecular flexibility index (Phi) is 8.30. The van der Waals surface area contributed by atoms with Gasteiger partial charge in [-0.25, -0.2) is 0 Å². The maximum absolute atomic E-state index is 11.0. The number of unbranched alkanes of at least 4 members (excludes halogenated alkanes) is 2. The standard InChI is InChI=1S/C10H20O2S/c1-4-5-6-7-13-8-9(2)10(11)12-3/h9H,4-8H2,1-3H3/t9-/m0/s1. The van der Waals surface area contributed by atoms with Gasteiger partial charge in [-0.2, -0.15) is 11.8 Å². The second-order valence-corrected chi connectivity index (χ2v) is 4.36. The fourth-order valence-electron chi connectivity index (χ4n) is 0.983. The number of carbonyl (C=O) groups excluding carboxylic acids is 1. The molecule has 0 aromatic carbocycles. The van der Waals surface area contributed by atoms with Gasteiger partial charge in [-0.3, -0.25) is 4.79 Å². The van der Waals surface area contributed by atoms with E-state index < -0.39 is 0 Å². The molecule has 0 aliphatic carbocycles. The molecular formula is C10H20O2S. The number of rotatable bonds is 7. The molecule has 0 heterocycles. The van der Waals surface area contributed by atoms with E-state index in [9.17, 15) is 4.79 Å². The largest absolute Gasteiger partial charge is 0.469 e. The van der Waals surface area contributed by atoms with Crippen LogP contribution in [0, 0.1) is 5.92 Å². The van der Waals surface area contributed by atoms with Crippen LogP contribution >= 0.6 is 11.8 Å². The van der Waals surface area contributed by atoms with Crippen LogP contribution in [0.5, 0.6) is 0 Å². The zero-order valence-corrected chi connectivity index (χ0v) is 9.65. The van der Waals surface area contributed by atoms with E-state index in [0.717, 1.165) is 11.5 Å². The van der Waals surface area contributed by atoms with Gasteiger partial charge in [0.25, 0.3) is 0 Å². The maximum atomic E-state index is 11.0. The zero-order chi connectivity index (χ0) is 10.1. The van der Waals surface area contributed by atoms with Gasteiger partial charge in [-0.1, -0.05) is 26.7 Å². The molecule has 0 spiro atoms. The van der Waals surface area contributed by atoms with Crippen LogP contribution in [0.2, 0.25) is 0 Å². The molecule has 0 fully saturated rings. The first-order chi connectivity index (χ1) is 6.22. The van der Waals surface area contributed by atoms with Crippen molar-refractivity contribution in [3.63, 3.8) is 0 Å². The van der Waals surface area contributed by atoms with Crippen LogP contribution in [0.25, 0.3) is 0 Å². The molecule has 0 aromatic rings. The highest BCUT2D eigenvalue weighted by Crippen LogP contribution is 2.12. The molecule has 0 radical (unpaired) electrons. The third kappa shape index (κ3) is 6.94. The number of hydrogen-bond acceptors (Lipinski definition) is 3. The van der Waals surface area contributed by atoms with Crippen molar-refractivity contribution >= 4 is 17.7 Å². The summed E-state index contributed by atoms with van der Waals surface area (Å²) in [5.74, 6) is 1.99. The number of hydrogen-bond donors (Lipinski definition) is 0. The fourth-order valence-corrected chi connectivity index (χ4v) is 2.05. The zero-order valence-electron chi connectivity index (χ0n) is 8.84. The molecule has 0 rings (SSSR count). The van der Waals surface area contributed by atoms with Gasteiger partial charge in [0.05, 0.1) is 13.0 Å². The molecule has 0 saturated carbocycles. The highest BCUT2D eigenvalue weighted by molar-refractivity contribution is 7.99. The molecule has 0 aliphatic heterocycles. The Labute approximate surface area is 85.4 Å². The molecule has 0 aliphatic rings. The molecule has 3 heteroatoms. The molecule has 13 heavy (non-hydrogen) atoms. The van der Waals surface area contributed by atoms with Crippen molar-refractivity contribution in [3.8, 4) is 0 Å². The number of ether oxygens (including phenoxy) is 1. The lowest BCUT2D eigenvalue weighted by Gasteiger charge is -2.07. The topological polar surface area (TPSA) is 26.3 Å². The van der Waals surface area contributed by atoms with Crippen molar-refractivity contribution < 1.29 is 9.53 Å². The first kappa shape index (κ1) is 12.8. The lowest BCUT2D eigenvalue weighted by atomic mass is 10.2. The van der Waals surface area contributed by atoms with Gasteiger partial charge < -0.3 is 4.74 Å². The summed E-state index contributed by atoms with van der Waals surface area (Å²) in [6.45, 7) is 4.11. The molecule has 0 aromatic heterocycles. The summed E-state index contributed by atoms with van der Waals surface area (Å²) in [6.07, 6.45) is 3.81. The SMILES string of the molecule is CCCCCSC[C@H](C)C(=O)OC. The van der Waals surface area contributed by atoms with Gasteiger partial charge in [0.2, 0.25) is 0 Å². The summed E-state index contributed by atoms with van der Waals surface area (Å²) in [4.78, 5) is 11.0. The van der Waals surface area contributed by atoms with Crippen LogP contribution in [-0.4, -0.2) is 24.6 Å². The minimum atomic E-state index is -0.0945. The van der Waals surface area contributed by atoms with Gasteiger partial charge in [0, 0.05) is 5.75 Å². The first-order valence-corrected chi connectivity index (χ1v) is 6.03. The van der Waals surface area contributed by atoms with Crippen LogP contribution < -0.4 is 0 Å². The quantitative estimate of drug-likeness (QED) is 0.471. The van der Waals surface area contributed by atoms with Crippen LogP contribution in [0.15, 0.2) is 0 Å². The van der Waals surface area contributed by atoms with Crippen molar-refractivity contribution in [1.29, 1.82) is 0 Å².